The van der Waals surface area contributed by atoms with Crippen molar-refractivity contribution < 1.29 is 36.5 Å². The lowest BCUT2D eigenvalue weighted by Gasteiger charge is -2.26. The Bertz CT molecular complexity index is 859. The molecule has 0 aromatic rings. The monoisotopic (exact) mass is 504 g/mol. The van der Waals surface area contributed by atoms with Gasteiger partial charge in [-0.05, 0) is 45.4 Å². The Morgan fingerprint density at radius 1 is 1.15 bits per heavy atom. The fourth-order valence-electron chi connectivity index (χ4n) is 3.51. The van der Waals surface area contributed by atoms with Gasteiger partial charge >= 0.3 is 16.4 Å². The lowest BCUT2D eigenvalue weighted by atomic mass is 10.1. The highest BCUT2D eigenvalue weighted by molar-refractivity contribution is 7.85. The van der Waals surface area contributed by atoms with E-state index < -0.39 is 51.8 Å². The molecular formula is C21H36N4O8S. The van der Waals surface area contributed by atoms with Gasteiger partial charge in [0.1, 0.15) is 18.6 Å². The van der Waals surface area contributed by atoms with E-state index >= 15 is 0 Å². The zero-order valence-corrected chi connectivity index (χ0v) is 20.9. The molecule has 0 aromatic heterocycles. The van der Waals surface area contributed by atoms with E-state index in [0.717, 1.165) is 12.8 Å². The van der Waals surface area contributed by atoms with Crippen molar-refractivity contribution in [2.45, 2.75) is 89.8 Å². The molecule has 0 spiro atoms. The summed E-state index contributed by atoms with van der Waals surface area (Å²) < 4.78 is 36.1. The Kier molecular flexibility index (Phi) is 10.1. The maximum Gasteiger partial charge on any atom is 0.407 e. The van der Waals surface area contributed by atoms with Gasteiger partial charge in [-0.3, -0.25) is 14.4 Å². The Hall–Kier alpha value is -2.41. The molecule has 0 radical (unpaired) electrons. The van der Waals surface area contributed by atoms with Gasteiger partial charge in [0.15, 0.2) is 0 Å². The first-order valence-corrected chi connectivity index (χ1v) is 13.2. The number of unbranched alkanes of at least 4 members (excludes halogenated alkanes) is 1. The van der Waals surface area contributed by atoms with Crippen molar-refractivity contribution in [3.63, 3.8) is 0 Å². The summed E-state index contributed by atoms with van der Waals surface area (Å²) in [5.74, 6) is -1.90. The molecule has 2 fully saturated rings. The quantitative estimate of drug-likeness (QED) is 0.309. The molecule has 2 aliphatic rings. The number of rotatable bonds is 13. The molecule has 1 aliphatic carbocycles. The van der Waals surface area contributed by atoms with E-state index in [2.05, 4.69) is 10.6 Å². The third-order valence-corrected chi connectivity index (χ3v) is 6.76. The van der Waals surface area contributed by atoms with Gasteiger partial charge in [0.25, 0.3) is 5.91 Å². The SMILES string of the molecule is CCCCOC(=O)NCC(=O)N1CCCC1C(=O)NC(CCC)C(=O)NS(=O)(=O)OC1(C)CC1. The van der Waals surface area contributed by atoms with Crippen LogP contribution in [0.4, 0.5) is 4.79 Å². The van der Waals surface area contributed by atoms with Gasteiger partial charge in [0.05, 0.1) is 12.2 Å². The van der Waals surface area contributed by atoms with Crippen LogP contribution in [0.3, 0.4) is 0 Å². The second-order valence-corrected chi connectivity index (χ2v) is 10.2. The summed E-state index contributed by atoms with van der Waals surface area (Å²) in [7, 11) is -4.31. The van der Waals surface area contributed by atoms with Crippen LogP contribution in [-0.4, -0.2) is 74.5 Å². The predicted octanol–water partition coefficient (Wildman–Crippen LogP) is 0.719. The third kappa shape index (κ3) is 8.75. The number of amides is 4. The van der Waals surface area contributed by atoms with E-state index in [1.54, 1.807) is 13.8 Å². The second kappa shape index (κ2) is 12.3. The van der Waals surface area contributed by atoms with E-state index in [9.17, 15) is 27.6 Å². The van der Waals surface area contributed by atoms with Crippen LogP contribution in [-0.2, 0) is 33.6 Å². The fraction of sp³-hybridized carbons (Fsp3) is 0.810. The number of carbonyl (C=O) groups is 4. The Balaban J connectivity index is 1.91. The topological polar surface area (TPSA) is 160 Å². The number of hydrogen-bond acceptors (Lipinski definition) is 8. The summed E-state index contributed by atoms with van der Waals surface area (Å²) in [6.45, 7) is 5.65. The number of likely N-dealkylation sites (tertiary alicyclic amines) is 1. The average Bonchev–Trinajstić information content (AvgIpc) is 3.26. The molecule has 0 bridgehead atoms. The van der Waals surface area contributed by atoms with Gasteiger partial charge < -0.3 is 20.3 Å². The third-order valence-electron chi connectivity index (χ3n) is 5.69. The molecule has 12 nitrogen and oxygen atoms in total. The highest BCUT2D eigenvalue weighted by atomic mass is 32.2. The first-order chi connectivity index (χ1) is 16.0. The van der Waals surface area contributed by atoms with Crippen LogP contribution >= 0.6 is 0 Å². The molecule has 1 saturated heterocycles. The molecule has 0 aromatic carbocycles. The molecule has 2 unspecified atom stereocenters. The lowest BCUT2D eigenvalue weighted by Crippen LogP contribution is -2.54. The molecule has 13 heteroatoms. The predicted molar refractivity (Wildman–Crippen MR) is 122 cm³/mol. The normalized spacial score (nSPS) is 19.7. The Morgan fingerprint density at radius 2 is 1.85 bits per heavy atom. The minimum atomic E-state index is -4.31. The first kappa shape index (κ1) is 27.8. The van der Waals surface area contributed by atoms with Crippen molar-refractivity contribution in [3.8, 4) is 0 Å². The van der Waals surface area contributed by atoms with Crippen molar-refractivity contribution in [1.82, 2.24) is 20.3 Å². The van der Waals surface area contributed by atoms with Crippen LogP contribution in [0.5, 0.6) is 0 Å². The summed E-state index contributed by atoms with van der Waals surface area (Å²) >= 11 is 0. The molecule has 194 valence electrons. The van der Waals surface area contributed by atoms with E-state index in [4.69, 9.17) is 8.92 Å². The van der Waals surface area contributed by atoms with E-state index in [-0.39, 0.29) is 19.6 Å². The number of nitrogens with zero attached hydrogens (tertiary/aromatic N) is 1. The van der Waals surface area contributed by atoms with Gasteiger partial charge in [-0.25, -0.2) is 13.7 Å². The number of hydrogen-bond donors (Lipinski definition) is 3. The van der Waals surface area contributed by atoms with Gasteiger partial charge in [-0.2, -0.15) is 8.42 Å². The standard InChI is InChI=1S/C21H36N4O8S/c1-4-6-13-32-20(29)22-14-17(26)25-12-7-9-16(25)19(28)23-15(8-5-2)18(27)24-34(30,31)33-21(3)10-11-21/h15-16H,4-14H2,1-3H3,(H,22,29)(H,23,28)(H,24,27). The van der Waals surface area contributed by atoms with Crippen molar-refractivity contribution in [1.29, 1.82) is 0 Å². The number of alkyl carbamates (subject to hydrolysis) is 1. The number of ether oxygens (including phenoxy) is 1. The lowest BCUT2D eigenvalue weighted by molar-refractivity contribution is -0.138. The van der Waals surface area contributed by atoms with Crippen LogP contribution in [0.15, 0.2) is 0 Å². The number of nitrogens with one attached hydrogen (secondary N) is 3. The first-order valence-electron chi connectivity index (χ1n) is 11.8. The molecule has 2 atom stereocenters. The molecule has 3 N–H and O–H groups in total. The average molecular weight is 505 g/mol. The molecular weight excluding hydrogens is 468 g/mol. The maximum absolute atomic E-state index is 12.9. The summed E-state index contributed by atoms with van der Waals surface area (Å²) in [5.41, 5.74) is -0.795. The van der Waals surface area contributed by atoms with E-state index in [0.29, 0.717) is 38.6 Å². The summed E-state index contributed by atoms with van der Waals surface area (Å²) in [6.07, 6.45) is 3.72. The van der Waals surface area contributed by atoms with Crippen LogP contribution in [0.1, 0.15) is 72.1 Å². The Morgan fingerprint density at radius 3 is 2.47 bits per heavy atom. The van der Waals surface area contributed by atoms with Crippen molar-refractivity contribution in [3.05, 3.63) is 0 Å². The second-order valence-electron chi connectivity index (χ2n) is 8.89. The highest BCUT2D eigenvalue weighted by Gasteiger charge is 2.44. The Labute approximate surface area is 200 Å². The van der Waals surface area contributed by atoms with Gasteiger partial charge in [0, 0.05) is 6.54 Å². The minimum Gasteiger partial charge on any atom is -0.450 e. The van der Waals surface area contributed by atoms with Crippen LogP contribution in [0, 0.1) is 0 Å². The molecule has 1 heterocycles. The largest absolute Gasteiger partial charge is 0.450 e. The van der Waals surface area contributed by atoms with E-state index in [1.165, 1.54) is 4.90 Å². The maximum atomic E-state index is 12.9. The highest BCUT2D eigenvalue weighted by Crippen LogP contribution is 2.39. The van der Waals surface area contributed by atoms with Crippen molar-refractivity contribution >= 4 is 34.1 Å². The van der Waals surface area contributed by atoms with Crippen molar-refractivity contribution in [2.75, 3.05) is 19.7 Å². The zero-order valence-electron chi connectivity index (χ0n) is 20.1. The van der Waals surface area contributed by atoms with Gasteiger partial charge in [-0.1, -0.05) is 26.7 Å². The van der Waals surface area contributed by atoms with Gasteiger partial charge in [0.2, 0.25) is 11.8 Å². The zero-order chi connectivity index (χ0) is 25.4. The summed E-state index contributed by atoms with van der Waals surface area (Å²) in [5, 5.41) is 4.95. The molecule has 34 heavy (non-hydrogen) atoms. The minimum absolute atomic E-state index is 0.205. The van der Waals surface area contributed by atoms with Crippen molar-refractivity contribution in [2.24, 2.45) is 0 Å². The molecule has 4 amide bonds. The van der Waals surface area contributed by atoms with Crippen LogP contribution in [0.2, 0.25) is 0 Å². The van der Waals surface area contributed by atoms with E-state index in [1.807, 2.05) is 11.6 Å². The van der Waals surface area contributed by atoms with Crippen LogP contribution < -0.4 is 15.4 Å². The summed E-state index contributed by atoms with van der Waals surface area (Å²) in [4.78, 5) is 51.0. The van der Waals surface area contributed by atoms with Crippen LogP contribution in [0.25, 0.3) is 0 Å². The number of carbonyl (C=O) groups excluding carboxylic acids is 4. The fourth-order valence-corrected chi connectivity index (χ4v) is 4.64. The molecule has 2 rings (SSSR count). The van der Waals surface area contributed by atoms with Gasteiger partial charge in [-0.15, -0.1) is 0 Å². The molecule has 1 saturated carbocycles. The smallest absolute Gasteiger partial charge is 0.407 e. The summed E-state index contributed by atoms with van der Waals surface area (Å²) in [6, 6.07) is -1.93. The molecule has 1 aliphatic heterocycles.